The van der Waals surface area contributed by atoms with Gasteiger partial charge in [-0.2, -0.15) is 0 Å². The zero-order valence-corrected chi connectivity index (χ0v) is 10.5. The van der Waals surface area contributed by atoms with Gasteiger partial charge in [-0.25, -0.2) is 0 Å². The molecule has 0 aromatic heterocycles. The number of benzene rings is 1. The van der Waals surface area contributed by atoms with Gasteiger partial charge in [0.25, 0.3) is 0 Å². The SMILES string of the molecule is Cc1ccc(Br)c(NCC(C)(C)N)c1. The van der Waals surface area contributed by atoms with E-state index >= 15 is 0 Å². The molecule has 14 heavy (non-hydrogen) atoms. The minimum atomic E-state index is -0.191. The summed E-state index contributed by atoms with van der Waals surface area (Å²) in [4.78, 5) is 0. The summed E-state index contributed by atoms with van der Waals surface area (Å²) < 4.78 is 1.08. The Morgan fingerprint density at radius 1 is 1.43 bits per heavy atom. The highest BCUT2D eigenvalue weighted by molar-refractivity contribution is 9.10. The first-order valence-electron chi connectivity index (χ1n) is 4.67. The number of halogens is 1. The summed E-state index contributed by atoms with van der Waals surface area (Å²) >= 11 is 3.49. The Kier molecular flexibility index (Phi) is 3.56. The maximum absolute atomic E-state index is 5.89. The fourth-order valence-corrected chi connectivity index (χ4v) is 1.48. The molecule has 0 spiro atoms. The van der Waals surface area contributed by atoms with E-state index in [1.165, 1.54) is 5.56 Å². The quantitative estimate of drug-likeness (QED) is 0.873. The predicted octanol–water partition coefficient (Wildman–Crippen LogP) is 2.91. The number of nitrogens with one attached hydrogen (secondary N) is 1. The van der Waals surface area contributed by atoms with Crippen molar-refractivity contribution in [1.29, 1.82) is 0 Å². The summed E-state index contributed by atoms with van der Waals surface area (Å²) in [5.41, 5.74) is 8.04. The maximum Gasteiger partial charge on any atom is 0.0487 e. The maximum atomic E-state index is 5.89. The van der Waals surface area contributed by atoms with Crippen LogP contribution in [0.1, 0.15) is 19.4 Å². The second-order valence-electron chi connectivity index (χ2n) is 4.33. The molecule has 0 atom stereocenters. The van der Waals surface area contributed by atoms with E-state index in [9.17, 15) is 0 Å². The molecule has 0 aliphatic carbocycles. The average molecular weight is 257 g/mol. The van der Waals surface area contributed by atoms with Gasteiger partial charge in [-0.05, 0) is 54.4 Å². The van der Waals surface area contributed by atoms with E-state index in [4.69, 9.17) is 5.73 Å². The topological polar surface area (TPSA) is 38.0 Å². The van der Waals surface area contributed by atoms with Crippen LogP contribution in [0.15, 0.2) is 22.7 Å². The monoisotopic (exact) mass is 256 g/mol. The van der Waals surface area contributed by atoms with Crippen molar-refractivity contribution in [2.24, 2.45) is 5.73 Å². The van der Waals surface area contributed by atoms with Gasteiger partial charge in [-0.3, -0.25) is 0 Å². The number of hydrogen-bond acceptors (Lipinski definition) is 2. The second-order valence-corrected chi connectivity index (χ2v) is 5.18. The Balaban J connectivity index is 2.72. The highest BCUT2D eigenvalue weighted by Gasteiger charge is 2.10. The van der Waals surface area contributed by atoms with Crippen LogP contribution in [0.4, 0.5) is 5.69 Å². The van der Waals surface area contributed by atoms with Crippen LogP contribution < -0.4 is 11.1 Å². The third kappa shape index (κ3) is 3.68. The van der Waals surface area contributed by atoms with Gasteiger partial charge in [0.2, 0.25) is 0 Å². The number of anilines is 1. The first-order valence-corrected chi connectivity index (χ1v) is 5.47. The largest absolute Gasteiger partial charge is 0.382 e. The lowest BCUT2D eigenvalue weighted by atomic mass is 10.1. The van der Waals surface area contributed by atoms with Crippen LogP contribution in [0.3, 0.4) is 0 Å². The zero-order chi connectivity index (χ0) is 10.8. The van der Waals surface area contributed by atoms with Crippen molar-refractivity contribution < 1.29 is 0 Å². The molecule has 0 unspecified atom stereocenters. The van der Waals surface area contributed by atoms with Crippen molar-refractivity contribution in [2.45, 2.75) is 26.3 Å². The van der Waals surface area contributed by atoms with E-state index < -0.39 is 0 Å². The molecule has 0 saturated heterocycles. The van der Waals surface area contributed by atoms with E-state index in [0.29, 0.717) is 0 Å². The molecule has 1 aromatic rings. The standard InChI is InChI=1S/C11H17BrN2/c1-8-4-5-9(12)10(6-8)14-7-11(2,3)13/h4-6,14H,7,13H2,1-3H3. The van der Waals surface area contributed by atoms with Crippen LogP contribution in [0, 0.1) is 6.92 Å². The van der Waals surface area contributed by atoms with Gasteiger partial charge in [-0.1, -0.05) is 6.07 Å². The molecule has 0 saturated carbocycles. The third-order valence-electron chi connectivity index (χ3n) is 1.86. The summed E-state index contributed by atoms with van der Waals surface area (Å²) in [5, 5.41) is 3.32. The number of aryl methyl sites for hydroxylation is 1. The lowest BCUT2D eigenvalue weighted by Crippen LogP contribution is -2.39. The smallest absolute Gasteiger partial charge is 0.0487 e. The van der Waals surface area contributed by atoms with E-state index in [2.05, 4.69) is 40.3 Å². The number of nitrogens with two attached hydrogens (primary N) is 1. The van der Waals surface area contributed by atoms with E-state index in [1.54, 1.807) is 0 Å². The van der Waals surface area contributed by atoms with Crippen molar-refractivity contribution in [3.63, 3.8) is 0 Å². The van der Waals surface area contributed by atoms with Gasteiger partial charge in [0.1, 0.15) is 0 Å². The van der Waals surface area contributed by atoms with Crippen molar-refractivity contribution in [3.05, 3.63) is 28.2 Å². The van der Waals surface area contributed by atoms with Crippen molar-refractivity contribution in [1.82, 2.24) is 0 Å². The van der Waals surface area contributed by atoms with Crippen LogP contribution in [0.25, 0.3) is 0 Å². The summed E-state index contributed by atoms with van der Waals surface area (Å²) in [6, 6.07) is 6.22. The fourth-order valence-electron chi connectivity index (χ4n) is 1.10. The van der Waals surface area contributed by atoms with Crippen molar-refractivity contribution in [3.8, 4) is 0 Å². The van der Waals surface area contributed by atoms with Gasteiger partial charge >= 0.3 is 0 Å². The molecule has 2 nitrogen and oxygen atoms in total. The molecular weight excluding hydrogens is 240 g/mol. The zero-order valence-electron chi connectivity index (χ0n) is 8.89. The van der Waals surface area contributed by atoms with Gasteiger partial charge in [0.05, 0.1) is 0 Å². The lowest BCUT2D eigenvalue weighted by molar-refractivity contribution is 0.549. The Bertz CT molecular complexity index is 316. The summed E-state index contributed by atoms with van der Waals surface area (Å²) in [6.07, 6.45) is 0. The highest BCUT2D eigenvalue weighted by atomic mass is 79.9. The molecule has 0 radical (unpaired) electrons. The van der Waals surface area contributed by atoms with E-state index in [-0.39, 0.29) is 5.54 Å². The molecule has 0 heterocycles. The van der Waals surface area contributed by atoms with Crippen molar-refractivity contribution in [2.75, 3.05) is 11.9 Å². The molecular formula is C11H17BrN2. The molecule has 0 fully saturated rings. The first kappa shape index (κ1) is 11.5. The lowest BCUT2D eigenvalue weighted by Gasteiger charge is -2.20. The number of rotatable bonds is 3. The third-order valence-corrected chi connectivity index (χ3v) is 2.55. The van der Waals surface area contributed by atoms with Crippen LogP contribution >= 0.6 is 15.9 Å². The van der Waals surface area contributed by atoms with Crippen LogP contribution in [0.5, 0.6) is 0 Å². The number of hydrogen-bond donors (Lipinski definition) is 2. The van der Waals surface area contributed by atoms with Gasteiger partial charge in [-0.15, -0.1) is 0 Å². The molecule has 0 amide bonds. The molecule has 0 aliphatic rings. The molecule has 0 bridgehead atoms. The molecule has 1 rings (SSSR count). The second kappa shape index (κ2) is 4.32. The van der Waals surface area contributed by atoms with Crippen LogP contribution in [-0.4, -0.2) is 12.1 Å². The minimum Gasteiger partial charge on any atom is -0.382 e. The first-order chi connectivity index (χ1) is 6.38. The Morgan fingerprint density at radius 3 is 2.64 bits per heavy atom. The van der Waals surface area contributed by atoms with E-state index in [0.717, 1.165) is 16.7 Å². The van der Waals surface area contributed by atoms with Gasteiger partial charge in [0.15, 0.2) is 0 Å². The molecule has 78 valence electrons. The summed E-state index contributed by atoms with van der Waals surface area (Å²) in [7, 11) is 0. The van der Waals surface area contributed by atoms with Gasteiger partial charge in [0, 0.05) is 22.2 Å². The normalized spacial score (nSPS) is 11.5. The average Bonchev–Trinajstić information content (AvgIpc) is 2.05. The Hall–Kier alpha value is -0.540. The van der Waals surface area contributed by atoms with Crippen LogP contribution in [0.2, 0.25) is 0 Å². The van der Waals surface area contributed by atoms with Gasteiger partial charge < -0.3 is 11.1 Å². The Labute approximate surface area is 94.0 Å². The van der Waals surface area contributed by atoms with E-state index in [1.807, 2.05) is 19.9 Å². The summed E-state index contributed by atoms with van der Waals surface area (Å²) in [5.74, 6) is 0. The molecule has 1 aromatic carbocycles. The minimum absolute atomic E-state index is 0.191. The molecule has 3 N–H and O–H groups in total. The predicted molar refractivity (Wildman–Crippen MR) is 65.6 cm³/mol. The fraction of sp³-hybridized carbons (Fsp3) is 0.455. The highest BCUT2D eigenvalue weighted by Crippen LogP contribution is 2.23. The Morgan fingerprint density at radius 2 is 2.07 bits per heavy atom. The van der Waals surface area contributed by atoms with Crippen molar-refractivity contribution >= 4 is 21.6 Å². The van der Waals surface area contributed by atoms with Crippen LogP contribution in [-0.2, 0) is 0 Å². The summed E-state index contributed by atoms with van der Waals surface area (Å²) in [6.45, 7) is 6.84. The molecule has 0 aliphatic heterocycles. The molecule has 3 heteroatoms.